The Kier molecular flexibility index (Phi) is 5.65. The number of anilines is 1. The lowest BCUT2D eigenvalue weighted by atomic mass is 10.1. The van der Waals surface area contributed by atoms with Crippen LogP contribution in [0, 0.1) is 30.9 Å². The van der Waals surface area contributed by atoms with Crippen molar-refractivity contribution in [2.75, 3.05) is 10.7 Å². The third-order valence-electron chi connectivity index (χ3n) is 5.50. The third-order valence-corrected chi connectivity index (χ3v) is 7.52. The Bertz CT molecular complexity index is 1620. The number of nitro groups is 1. The van der Waals surface area contributed by atoms with Gasteiger partial charge in [0, 0.05) is 28.8 Å². The lowest BCUT2D eigenvalue weighted by molar-refractivity contribution is -0.384. The number of carbonyl (C=O) groups excluding carboxylic acids is 1. The van der Waals surface area contributed by atoms with Crippen molar-refractivity contribution in [2.45, 2.75) is 25.9 Å². The number of benzene rings is 2. The van der Waals surface area contributed by atoms with E-state index in [1.165, 1.54) is 39.9 Å². The van der Waals surface area contributed by atoms with E-state index in [1.54, 1.807) is 24.5 Å². The van der Waals surface area contributed by atoms with Gasteiger partial charge in [0.15, 0.2) is 5.16 Å². The number of nitrogens with zero attached hydrogens (tertiary/aromatic N) is 3. The maximum absolute atomic E-state index is 13.4. The first-order valence-corrected chi connectivity index (χ1v) is 12.3. The predicted molar refractivity (Wildman–Crippen MR) is 139 cm³/mol. The van der Waals surface area contributed by atoms with Crippen LogP contribution in [-0.4, -0.2) is 20.5 Å². The topological polar surface area (TPSA) is 119 Å². The number of hydrogen-bond acceptors (Lipinski definition) is 8. The number of rotatable bonds is 4. The normalized spacial score (nSPS) is 12.6. The highest BCUT2D eigenvalue weighted by Crippen LogP contribution is 2.33. The molecular formula is C24H19N5O4S2. The summed E-state index contributed by atoms with van der Waals surface area (Å²) in [6, 6.07) is 12.0. The van der Waals surface area contributed by atoms with Gasteiger partial charge in [0.2, 0.25) is 0 Å². The minimum absolute atomic E-state index is 0.0462. The molecule has 1 aliphatic rings. The van der Waals surface area contributed by atoms with E-state index in [9.17, 15) is 19.7 Å². The van der Waals surface area contributed by atoms with Gasteiger partial charge in [-0.05, 0) is 49.6 Å². The van der Waals surface area contributed by atoms with Crippen molar-refractivity contribution in [3.63, 3.8) is 0 Å². The van der Waals surface area contributed by atoms with Gasteiger partial charge in [-0.3, -0.25) is 25.1 Å². The van der Waals surface area contributed by atoms with E-state index in [1.807, 2.05) is 32.0 Å². The summed E-state index contributed by atoms with van der Waals surface area (Å²) in [4.78, 5) is 42.6. The molecule has 1 amide bonds. The summed E-state index contributed by atoms with van der Waals surface area (Å²) in [5.41, 5.74) is 7.06. The molecule has 0 saturated carbocycles. The largest absolute Gasteiger partial charge is 0.321 e. The van der Waals surface area contributed by atoms with Crippen molar-refractivity contribution in [2.24, 2.45) is 0 Å². The van der Waals surface area contributed by atoms with Gasteiger partial charge in [-0.1, -0.05) is 30.0 Å². The molecule has 11 heteroatoms. The van der Waals surface area contributed by atoms with Gasteiger partial charge in [0.05, 0.1) is 20.9 Å². The van der Waals surface area contributed by atoms with Crippen LogP contribution in [0.15, 0.2) is 57.8 Å². The molecule has 2 aromatic carbocycles. The average Bonchev–Trinajstić information content (AvgIpc) is 3.15. The SMILES string of the molecule is Cc1cc(C)cc(NC(=O)c2sc3nc4n(c(=O)c3c2C)NC(c2cccc([N+](=O)[O-])c2)=CS4)c1. The number of fused-ring (bicyclic) bond motifs is 2. The van der Waals surface area contributed by atoms with Gasteiger partial charge in [-0.25, -0.2) is 4.98 Å². The molecular weight excluding hydrogens is 486 g/mol. The smallest absolute Gasteiger partial charge is 0.282 e. The van der Waals surface area contributed by atoms with Crippen molar-refractivity contribution < 1.29 is 9.72 Å². The lowest BCUT2D eigenvalue weighted by Gasteiger charge is -2.20. The summed E-state index contributed by atoms with van der Waals surface area (Å²) in [5, 5.41) is 16.6. The molecule has 0 bridgehead atoms. The summed E-state index contributed by atoms with van der Waals surface area (Å²) in [5.74, 6) is -0.297. The Labute approximate surface area is 207 Å². The molecule has 0 atom stereocenters. The molecule has 3 heterocycles. The molecule has 9 nitrogen and oxygen atoms in total. The molecule has 0 aliphatic carbocycles. The van der Waals surface area contributed by atoms with E-state index >= 15 is 0 Å². The molecule has 5 rings (SSSR count). The van der Waals surface area contributed by atoms with Gasteiger partial charge in [-0.15, -0.1) is 11.3 Å². The number of aryl methyl sites for hydroxylation is 3. The molecule has 35 heavy (non-hydrogen) atoms. The molecule has 0 unspecified atom stereocenters. The van der Waals surface area contributed by atoms with Crippen LogP contribution in [0.3, 0.4) is 0 Å². The average molecular weight is 506 g/mol. The van der Waals surface area contributed by atoms with Crippen LogP contribution in [0.2, 0.25) is 0 Å². The van der Waals surface area contributed by atoms with Crippen molar-refractivity contribution in [3.05, 3.63) is 95.5 Å². The van der Waals surface area contributed by atoms with Gasteiger partial charge in [0.25, 0.3) is 17.2 Å². The number of nitrogens with one attached hydrogen (secondary N) is 2. The quantitative estimate of drug-likeness (QED) is 0.222. The Morgan fingerprint density at radius 2 is 1.89 bits per heavy atom. The molecule has 4 aromatic rings. The van der Waals surface area contributed by atoms with E-state index < -0.39 is 4.92 Å². The van der Waals surface area contributed by atoms with Crippen LogP contribution >= 0.6 is 23.1 Å². The summed E-state index contributed by atoms with van der Waals surface area (Å²) < 4.78 is 1.31. The number of thiophene rings is 1. The maximum Gasteiger partial charge on any atom is 0.282 e. The number of thioether (sulfide) groups is 1. The molecule has 0 fully saturated rings. The summed E-state index contributed by atoms with van der Waals surface area (Å²) in [7, 11) is 0. The van der Waals surface area contributed by atoms with Crippen molar-refractivity contribution in [1.82, 2.24) is 9.66 Å². The fourth-order valence-electron chi connectivity index (χ4n) is 3.97. The van der Waals surface area contributed by atoms with Crippen molar-refractivity contribution in [3.8, 4) is 0 Å². The lowest BCUT2D eigenvalue weighted by Crippen LogP contribution is -2.32. The van der Waals surface area contributed by atoms with E-state index in [-0.39, 0.29) is 17.2 Å². The summed E-state index contributed by atoms with van der Waals surface area (Å²) in [6.45, 7) is 5.66. The van der Waals surface area contributed by atoms with Crippen LogP contribution in [0.1, 0.15) is 31.9 Å². The first kappa shape index (κ1) is 22.8. The van der Waals surface area contributed by atoms with E-state index in [2.05, 4.69) is 15.7 Å². The maximum atomic E-state index is 13.4. The highest BCUT2D eigenvalue weighted by molar-refractivity contribution is 8.02. The Morgan fingerprint density at radius 3 is 2.60 bits per heavy atom. The molecule has 2 aromatic heterocycles. The highest BCUT2D eigenvalue weighted by Gasteiger charge is 2.24. The fraction of sp³-hybridized carbons (Fsp3) is 0.125. The second kappa shape index (κ2) is 8.67. The predicted octanol–water partition coefficient (Wildman–Crippen LogP) is 5.19. The van der Waals surface area contributed by atoms with Gasteiger partial charge >= 0.3 is 0 Å². The fourth-order valence-corrected chi connectivity index (χ4v) is 5.89. The number of amides is 1. The Balaban J connectivity index is 1.50. The first-order valence-electron chi connectivity index (χ1n) is 10.6. The van der Waals surface area contributed by atoms with Crippen LogP contribution < -0.4 is 16.3 Å². The van der Waals surface area contributed by atoms with Crippen LogP contribution in [0.4, 0.5) is 11.4 Å². The zero-order chi connectivity index (χ0) is 24.9. The Hall–Kier alpha value is -3.96. The second-order valence-electron chi connectivity index (χ2n) is 8.17. The number of hydrogen-bond donors (Lipinski definition) is 2. The molecule has 0 spiro atoms. The summed E-state index contributed by atoms with van der Waals surface area (Å²) >= 11 is 2.40. The van der Waals surface area contributed by atoms with Crippen molar-refractivity contribution in [1.29, 1.82) is 0 Å². The zero-order valence-electron chi connectivity index (χ0n) is 18.9. The minimum atomic E-state index is -0.468. The van der Waals surface area contributed by atoms with Gasteiger partial charge < -0.3 is 5.32 Å². The van der Waals surface area contributed by atoms with E-state index in [4.69, 9.17) is 0 Å². The number of non-ortho nitro benzene ring substituents is 1. The molecule has 0 saturated heterocycles. The van der Waals surface area contributed by atoms with Gasteiger partial charge in [0.1, 0.15) is 4.83 Å². The van der Waals surface area contributed by atoms with E-state index in [0.29, 0.717) is 42.8 Å². The standard InChI is InChI=1S/C24H19N5O4S2/c1-12-7-13(2)9-16(8-12)25-21(30)20-14(3)19-22(35-20)26-24-28(23(19)31)27-18(11-34-24)15-5-4-6-17(10-15)29(32)33/h4-11,27H,1-3H3,(H,25,30). The third kappa shape index (κ3) is 4.19. The second-order valence-corrected chi connectivity index (χ2v) is 10.0. The molecule has 176 valence electrons. The monoisotopic (exact) mass is 505 g/mol. The van der Waals surface area contributed by atoms with Gasteiger partial charge in [-0.2, -0.15) is 4.68 Å². The number of aromatic nitrogens is 2. The van der Waals surface area contributed by atoms with Crippen LogP contribution in [0.5, 0.6) is 0 Å². The molecule has 0 radical (unpaired) electrons. The first-order chi connectivity index (χ1) is 16.7. The van der Waals surface area contributed by atoms with Crippen LogP contribution in [0.25, 0.3) is 15.9 Å². The molecule has 2 N–H and O–H groups in total. The number of nitro benzene ring substituents is 1. The Morgan fingerprint density at radius 1 is 1.14 bits per heavy atom. The van der Waals surface area contributed by atoms with Crippen molar-refractivity contribution >= 4 is 56.3 Å². The zero-order valence-corrected chi connectivity index (χ0v) is 20.5. The summed E-state index contributed by atoms with van der Waals surface area (Å²) in [6.07, 6.45) is 0. The highest BCUT2D eigenvalue weighted by atomic mass is 32.2. The number of carbonyl (C=O) groups is 1. The minimum Gasteiger partial charge on any atom is -0.321 e. The molecule has 1 aliphatic heterocycles. The van der Waals surface area contributed by atoms with E-state index in [0.717, 1.165) is 11.1 Å². The van der Waals surface area contributed by atoms with Crippen LogP contribution in [-0.2, 0) is 0 Å².